The van der Waals surface area contributed by atoms with Crippen LogP contribution < -0.4 is 0 Å². The van der Waals surface area contributed by atoms with E-state index in [1.807, 2.05) is 31.3 Å². The van der Waals surface area contributed by atoms with Crippen molar-refractivity contribution in [1.82, 2.24) is 4.98 Å². The van der Waals surface area contributed by atoms with Gasteiger partial charge in [0.1, 0.15) is 0 Å². The zero-order chi connectivity index (χ0) is 15.9. The van der Waals surface area contributed by atoms with Gasteiger partial charge in [0, 0.05) is 25.2 Å². The number of alkyl halides is 1. The molecule has 2 atom stereocenters. The van der Waals surface area contributed by atoms with E-state index in [4.69, 9.17) is 16.3 Å². The fourth-order valence-corrected chi connectivity index (χ4v) is 2.44. The molecule has 2 rings (SSSR count). The molecule has 0 saturated carbocycles. The van der Waals surface area contributed by atoms with Gasteiger partial charge in [0.05, 0.1) is 12.0 Å². The Morgan fingerprint density at radius 3 is 2.55 bits per heavy atom. The molecule has 0 saturated heterocycles. The number of pyridine rings is 1. The smallest absolute Gasteiger partial charge is 0.302 e. The van der Waals surface area contributed by atoms with E-state index in [9.17, 15) is 4.79 Å². The molecule has 0 fully saturated rings. The van der Waals surface area contributed by atoms with Gasteiger partial charge in [-0.15, -0.1) is 11.6 Å². The summed E-state index contributed by atoms with van der Waals surface area (Å²) in [6.07, 6.45) is 4.50. The van der Waals surface area contributed by atoms with E-state index in [0.29, 0.717) is 6.61 Å². The van der Waals surface area contributed by atoms with Gasteiger partial charge < -0.3 is 4.74 Å². The molecule has 116 valence electrons. The van der Waals surface area contributed by atoms with Gasteiger partial charge >= 0.3 is 5.97 Å². The van der Waals surface area contributed by atoms with Gasteiger partial charge in [0.15, 0.2) is 0 Å². The highest BCUT2D eigenvalue weighted by Crippen LogP contribution is 2.29. The first-order valence-electron chi connectivity index (χ1n) is 7.31. The molecule has 0 amide bonds. The Bertz CT molecular complexity index is 598. The second-order valence-electron chi connectivity index (χ2n) is 5.46. The number of halogens is 1. The van der Waals surface area contributed by atoms with Gasteiger partial charge in [-0.2, -0.15) is 0 Å². The number of carbonyl (C=O) groups is 1. The number of rotatable bonds is 6. The van der Waals surface area contributed by atoms with Crippen molar-refractivity contribution in [1.29, 1.82) is 0 Å². The van der Waals surface area contributed by atoms with E-state index >= 15 is 0 Å². The quantitative estimate of drug-likeness (QED) is 0.593. The Labute approximate surface area is 136 Å². The molecule has 0 aliphatic heterocycles. The highest BCUT2D eigenvalue weighted by molar-refractivity contribution is 6.21. The maximum absolute atomic E-state index is 10.9. The van der Waals surface area contributed by atoms with Crippen LogP contribution in [0, 0.1) is 5.92 Å². The fraction of sp³-hybridized carbons (Fsp3) is 0.333. The second kappa shape index (κ2) is 7.95. The predicted molar refractivity (Wildman–Crippen MR) is 87.9 cm³/mol. The molecule has 0 spiro atoms. The molecule has 2 aromatic rings. The lowest BCUT2D eigenvalue weighted by Gasteiger charge is -2.18. The number of esters is 1. The third-order valence-corrected chi connectivity index (χ3v) is 4.16. The molecule has 0 N–H and O–H groups in total. The molecular weight excluding hydrogens is 298 g/mol. The summed E-state index contributed by atoms with van der Waals surface area (Å²) in [6, 6.07) is 12.2. The average Bonchev–Trinajstić information content (AvgIpc) is 2.53. The van der Waals surface area contributed by atoms with Crippen LogP contribution in [0.3, 0.4) is 0 Å². The Balaban J connectivity index is 1.97. The largest absolute Gasteiger partial charge is 0.466 e. The zero-order valence-electron chi connectivity index (χ0n) is 12.8. The van der Waals surface area contributed by atoms with Crippen LogP contribution in [0.25, 0.3) is 0 Å². The van der Waals surface area contributed by atoms with Gasteiger partial charge in [-0.1, -0.05) is 37.3 Å². The summed E-state index contributed by atoms with van der Waals surface area (Å²) in [5.74, 6) is -0.211. The van der Waals surface area contributed by atoms with Crippen molar-refractivity contribution >= 4 is 17.6 Å². The molecule has 1 aromatic carbocycles. The Morgan fingerprint density at radius 2 is 1.95 bits per heavy atom. The molecule has 1 heterocycles. The molecule has 0 bridgehead atoms. The lowest BCUT2D eigenvalue weighted by atomic mass is 9.98. The van der Waals surface area contributed by atoms with Crippen molar-refractivity contribution < 1.29 is 9.53 Å². The Morgan fingerprint density at radius 1 is 1.23 bits per heavy atom. The average molecular weight is 318 g/mol. The van der Waals surface area contributed by atoms with E-state index in [1.165, 1.54) is 18.1 Å². The molecular formula is C18H20ClNO2. The molecule has 4 heteroatoms. The minimum atomic E-state index is -0.275. The van der Waals surface area contributed by atoms with Crippen LogP contribution in [0.1, 0.15) is 35.9 Å². The molecule has 0 aliphatic rings. The number of hydrogen-bond donors (Lipinski definition) is 0. The van der Waals surface area contributed by atoms with Crippen LogP contribution in [0.15, 0.2) is 48.8 Å². The normalized spacial score (nSPS) is 13.4. The van der Waals surface area contributed by atoms with Gasteiger partial charge in [-0.05, 0) is 29.2 Å². The summed E-state index contributed by atoms with van der Waals surface area (Å²) in [5.41, 5.74) is 3.44. The summed E-state index contributed by atoms with van der Waals surface area (Å²) >= 11 is 6.45. The molecule has 0 radical (unpaired) electrons. The van der Waals surface area contributed by atoms with E-state index in [2.05, 4.69) is 23.2 Å². The highest BCUT2D eigenvalue weighted by Gasteiger charge is 2.17. The van der Waals surface area contributed by atoms with E-state index in [1.54, 1.807) is 6.20 Å². The lowest BCUT2D eigenvalue weighted by molar-refractivity contribution is -0.142. The number of ether oxygens (including phenoxy) is 1. The number of benzene rings is 1. The highest BCUT2D eigenvalue weighted by atomic mass is 35.5. The molecule has 3 nitrogen and oxygen atoms in total. The van der Waals surface area contributed by atoms with Crippen LogP contribution in [-0.4, -0.2) is 17.6 Å². The van der Waals surface area contributed by atoms with Crippen molar-refractivity contribution in [2.75, 3.05) is 6.61 Å². The molecule has 2 unspecified atom stereocenters. The van der Waals surface area contributed by atoms with Crippen LogP contribution in [0.4, 0.5) is 0 Å². The van der Waals surface area contributed by atoms with Crippen LogP contribution >= 0.6 is 11.6 Å². The van der Waals surface area contributed by atoms with Crippen molar-refractivity contribution in [3.8, 4) is 0 Å². The first-order valence-corrected chi connectivity index (χ1v) is 7.75. The van der Waals surface area contributed by atoms with Crippen molar-refractivity contribution in [3.05, 3.63) is 65.5 Å². The summed E-state index contributed by atoms with van der Waals surface area (Å²) in [7, 11) is 0. The zero-order valence-corrected chi connectivity index (χ0v) is 13.6. The Hall–Kier alpha value is -1.87. The molecule has 0 aliphatic carbocycles. The first-order chi connectivity index (χ1) is 10.6. The van der Waals surface area contributed by atoms with Gasteiger partial charge in [-0.3, -0.25) is 9.78 Å². The lowest BCUT2D eigenvalue weighted by Crippen LogP contribution is -2.14. The number of hydrogen-bond acceptors (Lipinski definition) is 3. The third kappa shape index (κ3) is 4.85. The topological polar surface area (TPSA) is 39.2 Å². The maximum Gasteiger partial charge on any atom is 0.302 e. The van der Waals surface area contributed by atoms with E-state index < -0.39 is 0 Å². The predicted octanol–water partition coefficient (Wildman–Crippen LogP) is 4.15. The standard InChI is InChI=1S/C18H20ClNO2/c1-13(12-22-14(2)21)18(19)17-7-5-15(6-8-17)10-16-4-3-9-20-11-16/h3-9,11,13,18H,10,12H2,1-2H3. The van der Waals surface area contributed by atoms with E-state index in [0.717, 1.165) is 12.0 Å². The first kappa shape index (κ1) is 16.5. The molecule has 22 heavy (non-hydrogen) atoms. The van der Waals surface area contributed by atoms with Crippen molar-refractivity contribution in [3.63, 3.8) is 0 Å². The second-order valence-corrected chi connectivity index (χ2v) is 5.93. The van der Waals surface area contributed by atoms with Crippen LogP contribution in [0.5, 0.6) is 0 Å². The minimum absolute atomic E-state index is 0.0646. The van der Waals surface area contributed by atoms with Gasteiger partial charge in [0.25, 0.3) is 0 Å². The minimum Gasteiger partial charge on any atom is -0.466 e. The van der Waals surface area contributed by atoms with Crippen molar-refractivity contribution in [2.24, 2.45) is 5.92 Å². The summed E-state index contributed by atoms with van der Waals surface area (Å²) in [5, 5.41) is -0.174. The number of carbonyl (C=O) groups excluding carboxylic acids is 1. The van der Waals surface area contributed by atoms with Crippen LogP contribution in [-0.2, 0) is 16.0 Å². The number of nitrogens with zero attached hydrogens (tertiary/aromatic N) is 1. The summed E-state index contributed by atoms with van der Waals surface area (Å²) in [6.45, 7) is 3.72. The summed E-state index contributed by atoms with van der Waals surface area (Å²) in [4.78, 5) is 15.0. The monoisotopic (exact) mass is 317 g/mol. The SMILES string of the molecule is CC(=O)OCC(C)C(Cl)c1ccc(Cc2cccnc2)cc1. The third-order valence-electron chi connectivity index (χ3n) is 3.48. The summed E-state index contributed by atoms with van der Waals surface area (Å²) < 4.78 is 5.02. The van der Waals surface area contributed by atoms with E-state index in [-0.39, 0.29) is 17.3 Å². The van der Waals surface area contributed by atoms with Gasteiger partial charge in [0.2, 0.25) is 0 Å². The van der Waals surface area contributed by atoms with Crippen LogP contribution in [0.2, 0.25) is 0 Å². The Kier molecular flexibility index (Phi) is 5.96. The van der Waals surface area contributed by atoms with Gasteiger partial charge in [-0.25, -0.2) is 0 Å². The fourth-order valence-electron chi connectivity index (χ4n) is 2.22. The molecule has 1 aromatic heterocycles. The van der Waals surface area contributed by atoms with Crippen molar-refractivity contribution in [2.45, 2.75) is 25.6 Å². The maximum atomic E-state index is 10.9. The number of aromatic nitrogens is 1.